The van der Waals surface area contributed by atoms with E-state index >= 15 is 0 Å². The Kier molecular flexibility index (Phi) is 3.83. The lowest BCUT2D eigenvalue weighted by Crippen LogP contribution is -2.33. The van der Waals surface area contributed by atoms with Gasteiger partial charge in [0.1, 0.15) is 5.82 Å². The first kappa shape index (κ1) is 13.7. The summed E-state index contributed by atoms with van der Waals surface area (Å²) in [5.41, 5.74) is 5.59. The molecule has 3 rings (SSSR count). The van der Waals surface area contributed by atoms with Crippen LogP contribution < -0.4 is 11.3 Å². The van der Waals surface area contributed by atoms with Crippen LogP contribution in [0.25, 0.3) is 0 Å². The molecule has 0 spiro atoms. The Labute approximate surface area is 125 Å². The van der Waals surface area contributed by atoms with Gasteiger partial charge in [-0.25, -0.2) is 4.39 Å². The van der Waals surface area contributed by atoms with Gasteiger partial charge in [0.05, 0.1) is 6.04 Å². The molecule has 1 aliphatic carbocycles. The van der Waals surface area contributed by atoms with E-state index < -0.39 is 0 Å². The molecule has 3 nitrogen and oxygen atoms in total. The van der Waals surface area contributed by atoms with Crippen molar-refractivity contribution in [1.29, 1.82) is 0 Å². The second-order valence-corrected chi connectivity index (χ2v) is 5.83. The van der Waals surface area contributed by atoms with Gasteiger partial charge in [-0.1, -0.05) is 28.1 Å². The quantitative estimate of drug-likeness (QED) is 0.668. The number of halogens is 2. The summed E-state index contributed by atoms with van der Waals surface area (Å²) < 4.78 is 14.9. The number of fused-ring (bicyclic) bond motifs is 1. The van der Waals surface area contributed by atoms with Gasteiger partial charge in [0.25, 0.3) is 0 Å². The average Bonchev–Trinajstić information content (AvgIpc) is 2.87. The van der Waals surface area contributed by atoms with Gasteiger partial charge in [0, 0.05) is 27.8 Å². The minimum Gasteiger partial charge on any atom is -0.271 e. The van der Waals surface area contributed by atoms with E-state index in [1.165, 1.54) is 11.6 Å². The van der Waals surface area contributed by atoms with E-state index in [9.17, 15) is 4.39 Å². The number of rotatable bonds is 3. The van der Waals surface area contributed by atoms with Gasteiger partial charge in [0.15, 0.2) is 0 Å². The topological polar surface area (TPSA) is 50.9 Å². The van der Waals surface area contributed by atoms with E-state index in [-0.39, 0.29) is 17.8 Å². The zero-order valence-electron chi connectivity index (χ0n) is 10.8. The highest BCUT2D eigenvalue weighted by Gasteiger charge is 2.33. The van der Waals surface area contributed by atoms with Gasteiger partial charge >= 0.3 is 0 Å². The highest BCUT2D eigenvalue weighted by molar-refractivity contribution is 9.10. The fourth-order valence-corrected chi connectivity index (χ4v) is 3.57. The Bertz CT molecular complexity index is 612. The molecular weight excluding hydrogens is 321 g/mol. The van der Waals surface area contributed by atoms with Gasteiger partial charge in [0.2, 0.25) is 0 Å². The molecule has 20 heavy (non-hydrogen) atoms. The molecule has 0 amide bonds. The predicted octanol–water partition coefficient (Wildman–Crippen LogP) is 3.22. The molecule has 2 unspecified atom stereocenters. The summed E-state index contributed by atoms with van der Waals surface area (Å²) in [4.78, 5) is 4.46. The van der Waals surface area contributed by atoms with Crippen molar-refractivity contribution in [3.8, 4) is 0 Å². The zero-order chi connectivity index (χ0) is 14.1. The Hall–Kier alpha value is -1.30. The number of hydrogen-bond acceptors (Lipinski definition) is 3. The first-order valence-corrected chi connectivity index (χ1v) is 7.35. The number of hydrogen-bond donors (Lipinski definition) is 2. The first-order valence-electron chi connectivity index (χ1n) is 6.56. The van der Waals surface area contributed by atoms with E-state index in [0.29, 0.717) is 5.56 Å². The van der Waals surface area contributed by atoms with Crippen molar-refractivity contribution in [2.24, 2.45) is 5.84 Å². The maximum Gasteiger partial charge on any atom is 0.129 e. The van der Waals surface area contributed by atoms with Crippen molar-refractivity contribution in [3.63, 3.8) is 0 Å². The minimum atomic E-state index is -0.290. The van der Waals surface area contributed by atoms with Crippen LogP contribution in [0.3, 0.4) is 0 Å². The lowest BCUT2D eigenvalue weighted by Gasteiger charge is -2.24. The maximum absolute atomic E-state index is 14.2. The van der Waals surface area contributed by atoms with E-state index in [1.54, 1.807) is 12.3 Å². The number of aryl methyl sites for hydroxylation is 1. The molecule has 1 aliphatic rings. The molecule has 0 aliphatic heterocycles. The number of hydrazine groups is 1. The Morgan fingerprint density at radius 3 is 2.95 bits per heavy atom. The Morgan fingerprint density at radius 2 is 2.20 bits per heavy atom. The number of aromatic nitrogens is 1. The summed E-state index contributed by atoms with van der Waals surface area (Å²) >= 11 is 3.42. The van der Waals surface area contributed by atoms with Crippen molar-refractivity contribution in [1.82, 2.24) is 10.4 Å². The average molecular weight is 336 g/mol. The van der Waals surface area contributed by atoms with Crippen LogP contribution in [0.4, 0.5) is 4.39 Å². The molecule has 0 saturated heterocycles. The molecule has 2 aromatic rings. The van der Waals surface area contributed by atoms with Crippen LogP contribution in [0, 0.1) is 5.82 Å². The van der Waals surface area contributed by atoms with Crippen LogP contribution in [0.5, 0.6) is 0 Å². The van der Waals surface area contributed by atoms with Crippen LogP contribution in [0.2, 0.25) is 0 Å². The van der Waals surface area contributed by atoms with Crippen LogP contribution in [0.1, 0.15) is 35.2 Å². The number of nitrogens with two attached hydrogens (primary N) is 1. The first-order chi connectivity index (χ1) is 9.72. The van der Waals surface area contributed by atoms with E-state index in [4.69, 9.17) is 5.84 Å². The van der Waals surface area contributed by atoms with Crippen molar-refractivity contribution < 1.29 is 4.39 Å². The Balaban J connectivity index is 2.04. The zero-order valence-corrected chi connectivity index (χ0v) is 12.4. The molecule has 5 heteroatoms. The largest absolute Gasteiger partial charge is 0.271 e. The summed E-state index contributed by atoms with van der Waals surface area (Å²) in [5, 5.41) is 0. The number of pyridine rings is 1. The number of benzene rings is 1. The second-order valence-electron chi connectivity index (χ2n) is 4.97. The van der Waals surface area contributed by atoms with Gasteiger partial charge in [-0.05, 0) is 36.6 Å². The predicted molar refractivity (Wildman–Crippen MR) is 79.5 cm³/mol. The molecule has 0 radical (unpaired) electrons. The molecule has 0 saturated carbocycles. The Morgan fingerprint density at radius 1 is 1.35 bits per heavy atom. The van der Waals surface area contributed by atoms with E-state index in [0.717, 1.165) is 23.0 Å². The van der Waals surface area contributed by atoms with Crippen molar-refractivity contribution in [2.75, 3.05) is 0 Å². The molecule has 0 fully saturated rings. The third-order valence-corrected chi connectivity index (χ3v) is 4.59. The highest BCUT2D eigenvalue weighted by atomic mass is 79.9. The van der Waals surface area contributed by atoms with Crippen LogP contribution in [0.15, 0.2) is 41.0 Å². The normalized spacial score (nSPS) is 18.9. The summed E-state index contributed by atoms with van der Waals surface area (Å²) in [6.45, 7) is 0. The second kappa shape index (κ2) is 5.60. The minimum absolute atomic E-state index is 0.0874. The van der Waals surface area contributed by atoms with Crippen LogP contribution in [-0.2, 0) is 6.42 Å². The summed E-state index contributed by atoms with van der Waals surface area (Å²) in [5.74, 6) is 5.54. The summed E-state index contributed by atoms with van der Waals surface area (Å²) in [6.07, 6.45) is 3.65. The third kappa shape index (κ3) is 2.26. The molecule has 1 heterocycles. The van der Waals surface area contributed by atoms with Crippen molar-refractivity contribution in [2.45, 2.75) is 24.8 Å². The molecule has 1 aromatic carbocycles. The van der Waals surface area contributed by atoms with Gasteiger partial charge in [-0.15, -0.1) is 0 Å². The smallest absolute Gasteiger partial charge is 0.129 e. The summed E-state index contributed by atoms with van der Waals surface area (Å²) in [6, 6.07) is 8.69. The maximum atomic E-state index is 14.2. The van der Waals surface area contributed by atoms with Crippen molar-refractivity contribution in [3.05, 3.63) is 63.6 Å². The third-order valence-electron chi connectivity index (χ3n) is 3.89. The monoisotopic (exact) mass is 335 g/mol. The standard InChI is InChI=1S/C15H15BrFN3/c16-11-4-1-5-12(17)13(11)15(20-18)10-7-6-9-3-2-8-19-14(9)10/h1-5,8,10,15,20H,6-7,18H2. The summed E-state index contributed by atoms with van der Waals surface area (Å²) in [7, 11) is 0. The van der Waals surface area contributed by atoms with Gasteiger partial charge < -0.3 is 0 Å². The molecule has 104 valence electrons. The van der Waals surface area contributed by atoms with Crippen LogP contribution >= 0.6 is 15.9 Å². The highest BCUT2D eigenvalue weighted by Crippen LogP contribution is 2.42. The molecule has 3 N–H and O–H groups in total. The van der Waals surface area contributed by atoms with E-state index in [1.807, 2.05) is 12.1 Å². The molecule has 0 bridgehead atoms. The lowest BCUT2D eigenvalue weighted by molar-refractivity contribution is 0.427. The lowest BCUT2D eigenvalue weighted by atomic mass is 9.91. The van der Waals surface area contributed by atoms with Gasteiger partial charge in [-0.3, -0.25) is 16.3 Å². The fourth-order valence-electron chi connectivity index (χ4n) is 2.98. The van der Waals surface area contributed by atoms with Crippen molar-refractivity contribution >= 4 is 15.9 Å². The molecule has 2 atom stereocenters. The fraction of sp³-hybridized carbons (Fsp3) is 0.267. The number of nitrogens with zero attached hydrogens (tertiary/aromatic N) is 1. The van der Waals surface area contributed by atoms with Crippen LogP contribution in [-0.4, -0.2) is 4.98 Å². The molecular formula is C15H15BrFN3. The van der Waals surface area contributed by atoms with Gasteiger partial charge in [-0.2, -0.15) is 0 Å². The SMILES string of the molecule is NNC(c1c(F)cccc1Br)C1CCc2cccnc21. The molecule has 1 aromatic heterocycles. The number of nitrogens with one attached hydrogen (secondary N) is 1. The van der Waals surface area contributed by atoms with E-state index in [2.05, 4.69) is 32.4 Å².